The SMILES string of the molecule is Cc1ccc2nc(N3CCCC(C(=O)NCc4ccc(C)o4)C3)[nH]c2c1. The minimum absolute atomic E-state index is 0.0326. The normalized spacial score (nSPS) is 17.6. The molecule has 2 aromatic heterocycles. The van der Waals surface area contributed by atoms with Crippen molar-refractivity contribution in [1.29, 1.82) is 0 Å². The predicted octanol–water partition coefficient (Wildman–Crippen LogP) is 3.31. The van der Waals surface area contributed by atoms with Gasteiger partial charge in [-0.15, -0.1) is 0 Å². The number of aromatic nitrogens is 2. The van der Waals surface area contributed by atoms with Crippen LogP contribution in [0.1, 0.15) is 29.9 Å². The molecule has 4 rings (SSSR count). The second-order valence-electron chi connectivity index (χ2n) is 7.10. The number of aromatic amines is 1. The van der Waals surface area contributed by atoms with E-state index in [-0.39, 0.29) is 11.8 Å². The number of rotatable bonds is 4. The van der Waals surface area contributed by atoms with Gasteiger partial charge in [0.25, 0.3) is 0 Å². The molecule has 26 heavy (non-hydrogen) atoms. The molecule has 0 spiro atoms. The van der Waals surface area contributed by atoms with Crippen molar-refractivity contribution in [2.24, 2.45) is 5.92 Å². The number of imidazole rings is 1. The molecular formula is C20H24N4O2. The summed E-state index contributed by atoms with van der Waals surface area (Å²) in [5.41, 5.74) is 3.21. The fourth-order valence-corrected chi connectivity index (χ4v) is 3.54. The van der Waals surface area contributed by atoms with Gasteiger partial charge >= 0.3 is 0 Å². The van der Waals surface area contributed by atoms with E-state index in [9.17, 15) is 4.79 Å². The van der Waals surface area contributed by atoms with Crippen LogP contribution in [0.2, 0.25) is 0 Å². The molecule has 6 heteroatoms. The largest absolute Gasteiger partial charge is 0.465 e. The van der Waals surface area contributed by atoms with E-state index in [1.54, 1.807) is 0 Å². The van der Waals surface area contributed by atoms with Crippen molar-refractivity contribution in [1.82, 2.24) is 15.3 Å². The molecule has 136 valence electrons. The van der Waals surface area contributed by atoms with E-state index in [1.807, 2.05) is 25.1 Å². The first kappa shape index (κ1) is 16.7. The maximum absolute atomic E-state index is 12.6. The molecule has 1 aromatic carbocycles. The summed E-state index contributed by atoms with van der Waals surface area (Å²) in [5, 5.41) is 3.00. The van der Waals surface area contributed by atoms with E-state index >= 15 is 0 Å². The number of piperidine rings is 1. The Kier molecular flexibility index (Phi) is 4.41. The number of aryl methyl sites for hydroxylation is 2. The van der Waals surface area contributed by atoms with Crippen molar-refractivity contribution in [2.75, 3.05) is 18.0 Å². The summed E-state index contributed by atoms with van der Waals surface area (Å²) in [4.78, 5) is 22.8. The molecule has 1 unspecified atom stereocenters. The van der Waals surface area contributed by atoms with Crippen molar-refractivity contribution in [3.05, 3.63) is 47.4 Å². The third-order valence-corrected chi connectivity index (χ3v) is 4.95. The molecule has 0 aliphatic carbocycles. The standard InChI is InChI=1S/C20H24N4O2/c1-13-5-8-17-18(10-13)23-20(22-17)24-9-3-4-15(12-24)19(25)21-11-16-7-6-14(2)26-16/h5-8,10,15H,3-4,9,11-12H2,1-2H3,(H,21,25)(H,22,23). The van der Waals surface area contributed by atoms with Crippen LogP contribution in [-0.2, 0) is 11.3 Å². The van der Waals surface area contributed by atoms with Crippen molar-refractivity contribution in [3.8, 4) is 0 Å². The number of carbonyl (C=O) groups is 1. The zero-order valence-electron chi connectivity index (χ0n) is 15.2. The summed E-state index contributed by atoms with van der Waals surface area (Å²) in [6.45, 7) is 6.01. The quantitative estimate of drug-likeness (QED) is 0.755. The van der Waals surface area contributed by atoms with Crippen LogP contribution in [0.4, 0.5) is 5.95 Å². The van der Waals surface area contributed by atoms with Gasteiger partial charge in [0.2, 0.25) is 11.9 Å². The molecule has 1 amide bonds. The Morgan fingerprint density at radius 2 is 2.23 bits per heavy atom. The number of hydrogen-bond donors (Lipinski definition) is 2. The summed E-state index contributed by atoms with van der Waals surface area (Å²) >= 11 is 0. The van der Waals surface area contributed by atoms with Crippen LogP contribution in [0.3, 0.4) is 0 Å². The van der Waals surface area contributed by atoms with Gasteiger partial charge in [0.15, 0.2) is 0 Å². The van der Waals surface area contributed by atoms with Crippen LogP contribution in [0, 0.1) is 19.8 Å². The summed E-state index contributed by atoms with van der Waals surface area (Å²) < 4.78 is 5.51. The highest BCUT2D eigenvalue weighted by molar-refractivity contribution is 5.80. The third kappa shape index (κ3) is 3.45. The Hall–Kier alpha value is -2.76. The summed E-state index contributed by atoms with van der Waals surface area (Å²) in [7, 11) is 0. The van der Waals surface area contributed by atoms with Gasteiger partial charge < -0.3 is 19.6 Å². The summed E-state index contributed by atoms with van der Waals surface area (Å²) in [6.07, 6.45) is 1.88. The van der Waals surface area contributed by atoms with E-state index in [0.29, 0.717) is 13.1 Å². The maximum Gasteiger partial charge on any atom is 0.225 e. The van der Waals surface area contributed by atoms with Gasteiger partial charge in [0.1, 0.15) is 11.5 Å². The fraction of sp³-hybridized carbons (Fsp3) is 0.400. The molecule has 1 fully saturated rings. The second-order valence-corrected chi connectivity index (χ2v) is 7.10. The van der Waals surface area contributed by atoms with Crippen LogP contribution in [0.5, 0.6) is 0 Å². The maximum atomic E-state index is 12.6. The lowest BCUT2D eigenvalue weighted by Crippen LogP contribution is -2.43. The van der Waals surface area contributed by atoms with Crippen molar-refractivity contribution in [3.63, 3.8) is 0 Å². The zero-order valence-corrected chi connectivity index (χ0v) is 15.2. The molecular weight excluding hydrogens is 328 g/mol. The van der Waals surface area contributed by atoms with Gasteiger partial charge in [-0.05, 0) is 56.5 Å². The third-order valence-electron chi connectivity index (χ3n) is 4.95. The highest BCUT2D eigenvalue weighted by atomic mass is 16.3. The number of H-pyrrole nitrogens is 1. The molecule has 3 heterocycles. The molecule has 1 aliphatic rings. The van der Waals surface area contributed by atoms with Crippen LogP contribution in [0.15, 0.2) is 34.7 Å². The van der Waals surface area contributed by atoms with Gasteiger partial charge in [-0.2, -0.15) is 0 Å². The average molecular weight is 352 g/mol. The number of amides is 1. The molecule has 1 saturated heterocycles. The van der Waals surface area contributed by atoms with E-state index in [2.05, 4.69) is 34.3 Å². The van der Waals surface area contributed by atoms with E-state index in [1.165, 1.54) is 5.56 Å². The Labute approximate surface area is 152 Å². The Morgan fingerprint density at radius 3 is 3.04 bits per heavy atom. The van der Waals surface area contributed by atoms with Crippen LogP contribution >= 0.6 is 0 Å². The zero-order chi connectivity index (χ0) is 18.1. The molecule has 2 N–H and O–H groups in total. The Bertz CT molecular complexity index is 927. The number of nitrogens with one attached hydrogen (secondary N) is 2. The molecule has 0 bridgehead atoms. The Balaban J connectivity index is 1.41. The predicted molar refractivity (Wildman–Crippen MR) is 101 cm³/mol. The van der Waals surface area contributed by atoms with Gasteiger partial charge in [0.05, 0.1) is 23.5 Å². The number of nitrogens with zero attached hydrogens (tertiary/aromatic N) is 2. The monoisotopic (exact) mass is 352 g/mol. The summed E-state index contributed by atoms with van der Waals surface area (Å²) in [6, 6.07) is 10.0. The molecule has 0 radical (unpaired) electrons. The van der Waals surface area contributed by atoms with Gasteiger partial charge in [0, 0.05) is 13.1 Å². The van der Waals surface area contributed by atoms with Crippen LogP contribution in [0.25, 0.3) is 11.0 Å². The Morgan fingerprint density at radius 1 is 1.35 bits per heavy atom. The van der Waals surface area contributed by atoms with E-state index < -0.39 is 0 Å². The number of fused-ring (bicyclic) bond motifs is 1. The number of hydrogen-bond acceptors (Lipinski definition) is 4. The smallest absolute Gasteiger partial charge is 0.225 e. The first-order valence-electron chi connectivity index (χ1n) is 9.13. The van der Waals surface area contributed by atoms with Crippen LogP contribution in [-0.4, -0.2) is 29.0 Å². The summed E-state index contributed by atoms with van der Waals surface area (Å²) in [5.74, 6) is 2.55. The minimum Gasteiger partial charge on any atom is -0.465 e. The topological polar surface area (TPSA) is 74.2 Å². The van der Waals surface area contributed by atoms with Gasteiger partial charge in [-0.3, -0.25) is 4.79 Å². The molecule has 0 saturated carbocycles. The molecule has 3 aromatic rings. The lowest BCUT2D eigenvalue weighted by Gasteiger charge is -2.31. The molecule has 1 aliphatic heterocycles. The highest BCUT2D eigenvalue weighted by Gasteiger charge is 2.27. The van der Waals surface area contributed by atoms with Gasteiger partial charge in [-0.25, -0.2) is 4.98 Å². The lowest BCUT2D eigenvalue weighted by molar-refractivity contribution is -0.125. The van der Waals surface area contributed by atoms with Crippen molar-refractivity contribution >= 4 is 22.9 Å². The molecule has 6 nitrogen and oxygen atoms in total. The first-order chi connectivity index (χ1) is 12.6. The number of anilines is 1. The highest BCUT2D eigenvalue weighted by Crippen LogP contribution is 2.24. The number of furan rings is 1. The van der Waals surface area contributed by atoms with E-state index in [4.69, 9.17) is 9.40 Å². The van der Waals surface area contributed by atoms with Gasteiger partial charge in [-0.1, -0.05) is 6.07 Å². The molecule has 1 atom stereocenters. The fourth-order valence-electron chi connectivity index (χ4n) is 3.54. The van der Waals surface area contributed by atoms with Crippen LogP contribution < -0.4 is 10.2 Å². The van der Waals surface area contributed by atoms with Crippen molar-refractivity contribution < 1.29 is 9.21 Å². The van der Waals surface area contributed by atoms with E-state index in [0.717, 1.165) is 47.9 Å². The lowest BCUT2D eigenvalue weighted by atomic mass is 9.97. The second kappa shape index (κ2) is 6.86. The first-order valence-corrected chi connectivity index (χ1v) is 9.13. The number of carbonyl (C=O) groups excluding carboxylic acids is 1. The minimum atomic E-state index is -0.0326. The number of benzene rings is 1. The van der Waals surface area contributed by atoms with Crippen molar-refractivity contribution in [2.45, 2.75) is 33.2 Å². The average Bonchev–Trinajstić information content (AvgIpc) is 3.25.